The molecular weight excluding hydrogens is 356 g/mol. The highest BCUT2D eigenvalue weighted by Crippen LogP contribution is 2.29. The molecule has 0 spiro atoms. The molecule has 0 aromatic heterocycles. The van der Waals surface area contributed by atoms with Crippen LogP contribution in [0.25, 0.3) is 0 Å². The lowest BCUT2D eigenvalue weighted by Crippen LogP contribution is -2.42. The van der Waals surface area contributed by atoms with Gasteiger partial charge < -0.3 is 9.84 Å². The molecule has 1 aromatic rings. The predicted molar refractivity (Wildman–Crippen MR) is 74.4 cm³/mol. The zero-order valence-electron chi connectivity index (χ0n) is 9.20. The van der Waals surface area contributed by atoms with Crippen LogP contribution in [0.1, 0.15) is 11.1 Å². The van der Waals surface area contributed by atoms with Gasteiger partial charge >= 0.3 is 5.97 Å². The van der Waals surface area contributed by atoms with Crippen LogP contribution in [0.3, 0.4) is 0 Å². The van der Waals surface area contributed by atoms with Gasteiger partial charge in [0.05, 0.1) is 10.7 Å². The minimum absolute atomic E-state index is 0. The Hall–Kier alpha value is -0.530. The number of methoxy groups -OCH3 is 1. The molecule has 1 aliphatic rings. The number of rotatable bonds is 1. The molecule has 4 nitrogen and oxygen atoms in total. The Bertz CT molecular complexity index is 439. The Kier molecular flexibility index (Phi) is 5.03. The molecule has 0 bridgehead atoms. The fourth-order valence-corrected chi connectivity index (χ4v) is 2.57. The van der Waals surface area contributed by atoms with Crippen LogP contribution in [0.15, 0.2) is 12.1 Å². The molecule has 0 saturated carbocycles. The predicted octanol–water partition coefficient (Wildman–Crippen LogP) is 1.61. The SMILES string of the molecule is COC(=O)[C@@H]1Cc2ccc(O)c(I)c2CN1.Cl. The Morgan fingerprint density at radius 2 is 2.29 bits per heavy atom. The Morgan fingerprint density at radius 1 is 1.59 bits per heavy atom. The fraction of sp³-hybridized carbons (Fsp3) is 0.364. The largest absolute Gasteiger partial charge is 0.507 e. The third-order valence-corrected chi connectivity index (χ3v) is 3.96. The second kappa shape index (κ2) is 5.88. The summed E-state index contributed by atoms with van der Waals surface area (Å²) >= 11 is 2.12. The maximum atomic E-state index is 11.4. The summed E-state index contributed by atoms with van der Waals surface area (Å²) < 4.78 is 5.56. The zero-order valence-corrected chi connectivity index (χ0v) is 12.2. The number of ether oxygens (including phenoxy) is 1. The summed E-state index contributed by atoms with van der Waals surface area (Å²) in [6.07, 6.45) is 0.609. The van der Waals surface area contributed by atoms with E-state index in [0.717, 1.165) is 14.7 Å². The molecule has 1 aliphatic heterocycles. The smallest absolute Gasteiger partial charge is 0.323 e. The topological polar surface area (TPSA) is 58.6 Å². The number of halogens is 2. The van der Waals surface area contributed by atoms with Crippen LogP contribution in [-0.2, 0) is 22.5 Å². The number of hydrogen-bond donors (Lipinski definition) is 2. The minimum Gasteiger partial charge on any atom is -0.507 e. The van der Waals surface area contributed by atoms with Crippen LogP contribution in [-0.4, -0.2) is 24.2 Å². The molecule has 0 amide bonds. The standard InChI is InChI=1S/C11H12INO3.ClH/c1-16-11(15)8-4-6-2-3-9(14)10(12)7(6)5-13-8;/h2-3,8,13-14H,4-5H2,1H3;1H/t8-;/m0./s1. The van der Waals surface area contributed by atoms with Crippen molar-refractivity contribution in [3.63, 3.8) is 0 Å². The maximum Gasteiger partial charge on any atom is 0.323 e. The fourth-order valence-electron chi connectivity index (χ4n) is 1.86. The number of benzene rings is 1. The van der Waals surface area contributed by atoms with Crippen molar-refractivity contribution in [1.82, 2.24) is 5.32 Å². The van der Waals surface area contributed by atoms with Crippen molar-refractivity contribution in [3.8, 4) is 5.75 Å². The van der Waals surface area contributed by atoms with E-state index in [-0.39, 0.29) is 30.2 Å². The first-order valence-electron chi connectivity index (χ1n) is 4.94. The summed E-state index contributed by atoms with van der Waals surface area (Å²) in [7, 11) is 1.39. The highest BCUT2D eigenvalue weighted by molar-refractivity contribution is 14.1. The van der Waals surface area contributed by atoms with Gasteiger partial charge in [0.1, 0.15) is 11.8 Å². The normalized spacial score (nSPS) is 17.9. The molecule has 0 fully saturated rings. The van der Waals surface area contributed by atoms with E-state index < -0.39 is 0 Å². The summed E-state index contributed by atoms with van der Waals surface area (Å²) in [5.74, 6) is 0.0476. The summed E-state index contributed by atoms with van der Waals surface area (Å²) in [6, 6.07) is 3.25. The average molecular weight is 370 g/mol. The van der Waals surface area contributed by atoms with Gasteiger partial charge in [-0.15, -0.1) is 12.4 Å². The van der Waals surface area contributed by atoms with Crippen LogP contribution in [0.2, 0.25) is 0 Å². The van der Waals surface area contributed by atoms with Gasteiger partial charge in [0.2, 0.25) is 0 Å². The lowest BCUT2D eigenvalue weighted by Gasteiger charge is -2.25. The van der Waals surface area contributed by atoms with Crippen molar-refractivity contribution in [2.75, 3.05) is 7.11 Å². The molecule has 6 heteroatoms. The third-order valence-electron chi connectivity index (χ3n) is 2.75. The minimum atomic E-state index is -0.280. The van der Waals surface area contributed by atoms with Crippen LogP contribution in [0.4, 0.5) is 0 Å². The third kappa shape index (κ3) is 2.83. The quantitative estimate of drug-likeness (QED) is 0.583. The van der Waals surface area contributed by atoms with Gasteiger partial charge in [0.15, 0.2) is 0 Å². The highest BCUT2D eigenvalue weighted by atomic mass is 127. The van der Waals surface area contributed by atoms with Crippen molar-refractivity contribution in [2.24, 2.45) is 0 Å². The molecule has 0 aliphatic carbocycles. The van der Waals surface area contributed by atoms with Gasteiger partial charge in [-0.05, 0) is 46.2 Å². The molecule has 1 aromatic carbocycles. The van der Waals surface area contributed by atoms with E-state index in [9.17, 15) is 9.90 Å². The van der Waals surface area contributed by atoms with Gasteiger partial charge in [-0.3, -0.25) is 10.1 Å². The van der Waals surface area contributed by atoms with Gasteiger partial charge in [0, 0.05) is 6.54 Å². The number of carbonyl (C=O) groups excluding carboxylic acids is 1. The average Bonchev–Trinajstić information content (AvgIpc) is 2.32. The number of phenolic OH excluding ortho intramolecular Hbond substituents is 1. The number of aromatic hydroxyl groups is 1. The van der Waals surface area contributed by atoms with Crippen molar-refractivity contribution in [3.05, 3.63) is 26.8 Å². The van der Waals surface area contributed by atoms with Crippen LogP contribution in [0, 0.1) is 3.57 Å². The molecule has 2 N–H and O–H groups in total. The first-order valence-corrected chi connectivity index (χ1v) is 6.01. The lowest BCUT2D eigenvalue weighted by atomic mass is 9.95. The van der Waals surface area contributed by atoms with Crippen LogP contribution in [0.5, 0.6) is 5.75 Å². The molecule has 2 rings (SSSR count). The van der Waals surface area contributed by atoms with Crippen molar-refractivity contribution in [2.45, 2.75) is 19.0 Å². The van der Waals surface area contributed by atoms with Crippen molar-refractivity contribution >= 4 is 41.0 Å². The molecule has 0 saturated heterocycles. The van der Waals surface area contributed by atoms with Crippen LogP contribution < -0.4 is 5.32 Å². The van der Waals surface area contributed by atoms with E-state index in [1.807, 2.05) is 6.07 Å². The molecule has 94 valence electrons. The van der Waals surface area contributed by atoms with Gasteiger partial charge in [-0.1, -0.05) is 6.07 Å². The van der Waals surface area contributed by atoms with Gasteiger partial charge in [-0.2, -0.15) is 0 Å². The highest BCUT2D eigenvalue weighted by Gasteiger charge is 2.26. The van der Waals surface area contributed by atoms with Crippen molar-refractivity contribution in [1.29, 1.82) is 0 Å². The van der Waals surface area contributed by atoms with E-state index in [2.05, 4.69) is 27.9 Å². The number of nitrogens with one attached hydrogen (secondary N) is 1. The first-order chi connectivity index (χ1) is 7.63. The molecule has 0 unspecified atom stereocenters. The Balaban J connectivity index is 0.00000144. The molecule has 1 atom stereocenters. The van der Waals surface area contributed by atoms with E-state index in [1.165, 1.54) is 7.11 Å². The molecule has 17 heavy (non-hydrogen) atoms. The number of phenols is 1. The summed E-state index contributed by atoms with van der Waals surface area (Å²) in [6.45, 7) is 0.585. The number of carbonyl (C=O) groups is 1. The Labute approximate surface area is 119 Å². The Morgan fingerprint density at radius 3 is 2.94 bits per heavy atom. The summed E-state index contributed by atoms with van der Waals surface area (Å²) in [5, 5.41) is 12.7. The second-order valence-electron chi connectivity index (χ2n) is 3.70. The summed E-state index contributed by atoms with van der Waals surface area (Å²) in [5.41, 5.74) is 2.16. The van der Waals surface area contributed by atoms with E-state index in [1.54, 1.807) is 6.07 Å². The molecule has 1 heterocycles. The van der Waals surface area contributed by atoms with E-state index in [4.69, 9.17) is 4.74 Å². The summed E-state index contributed by atoms with van der Waals surface area (Å²) in [4.78, 5) is 11.4. The number of hydrogen-bond acceptors (Lipinski definition) is 4. The monoisotopic (exact) mass is 369 g/mol. The lowest BCUT2D eigenvalue weighted by molar-refractivity contribution is -0.143. The van der Waals surface area contributed by atoms with E-state index in [0.29, 0.717) is 13.0 Å². The molecular formula is C11H13ClINO3. The first kappa shape index (κ1) is 14.5. The van der Waals surface area contributed by atoms with E-state index >= 15 is 0 Å². The molecule has 0 radical (unpaired) electrons. The van der Waals surface area contributed by atoms with Crippen LogP contribution >= 0.6 is 35.0 Å². The zero-order chi connectivity index (χ0) is 11.7. The maximum absolute atomic E-state index is 11.4. The second-order valence-corrected chi connectivity index (χ2v) is 4.78. The number of esters is 1. The van der Waals surface area contributed by atoms with Gasteiger partial charge in [0.25, 0.3) is 0 Å². The number of fused-ring (bicyclic) bond motifs is 1. The van der Waals surface area contributed by atoms with Crippen molar-refractivity contribution < 1.29 is 14.6 Å². The van der Waals surface area contributed by atoms with Gasteiger partial charge in [-0.25, -0.2) is 0 Å².